The Hall–Kier alpha value is -2.98. The number of aromatic nitrogens is 2. The van der Waals surface area contributed by atoms with Crippen molar-refractivity contribution in [2.24, 2.45) is 0 Å². The zero-order valence-electron chi connectivity index (χ0n) is 10.7. The molecule has 0 radical (unpaired) electrons. The highest BCUT2D eigenvalue weighted by Crippen LogP contribution is 2.16. The number of hydrogen-bond donors (Lipinski definition) is 3. The molecule has 1 aromatic heterocycles. The van der Waals surface area contributed by atoms with Crippen LogP contribution in [-0.4, -0.2) is 27.8 Å². The van der Waals surface area contributed by atoms with Crippen molar-refractivity contribution < 1.29 is 14.3 Å². The van der Waals surface area contributed by atoms with Crippen LogP contribution in [0, 0.1) is 17.7 Å². The normalized spacial score (nSPS) is 9.62. The largest absolute Gasteiger partial charge is 0.384 e. The van der Waals surface area contributed by atoms with E-state index >= 15 is 0 Å². The Morgan fingerprint density at radius 2 is 2.19 bits per heavy atom. The molecule has 0 aliphatic carbocycles. The number of aliphatic hydroxyl groups excluding tert-OH is 1. The lowest BCUT2D eigenvalue weighted by Gasteiger charge is -2.05. The number of H-pyrrole nitrogens is 1. The van der Waals surface area contributed by atoms with Crippen LogP contribution in [0.2, 0.25) is 0 Å². The minimum absolute atomic E-state index is 0.0393. The van der Waals surface area contributed by atoms with Gasteiger partial charge in [0.05, 0.1) is 5.69 Å². The fraction of sp³-hybridized carbons (Fsp3) is 0.0714. The van der Waals surface area contributed by atoms with Crippen LogP contribution in [0.5, 0.6) is 0 Å². The van der Waals surface area contributed by atoms with E-state index in [0.717, 1.165) is 12.1 Å². The predicted octanol–water partition coefficient (Wildman–Crippen LogP) is 0.505. The van der Waals surface area contributed by atoms with Gasteiger partial charge in [-0.3, -0.25) is 9.59 Å². The molecular weight excluding hydrogens is 277 g/mol. The second-order valence-electron chi connectivity index (χ2n) is 3.92. The van der Waals surface area contributed by atoms with Crippen molar-refractivity contribution in [2.45, 2.75) is 0 Å². The van der Waals surface area contributed by atoms with Gasteiger partial charge >= 0.3 is 0 Å². The van der Waals surface area contributed by atoms with Gasteiger partial charge in [0.2, 0.25) is 0 Å². The first-order valence-corrected chi connectivity index (χ1v) is 5.86. The number of hydrogen-bond acceptors (Lipinski definition) is 4. The third-order valence-corrected chi connectivity index (χ3v) is 2.44. The Labute approximate surface area is 118 Å². The molecule has 2 aromatic rings. The van der Waals surface area contributed by atoms with Crippen LogP contribution in [0.1, 0.15) is 16.1 Å². The summed E-state index contributed by atoms with van der Waals surface area (Å²) in [5.41, 5.74) is -0.146. The van der Waals surface area contributed by atoms with Crippen molar-refractivity contribution >= 4 is 11.6 Å². The zero-order chi connectivity index (χ0) is 15.2. The molecule has 1 aromatic carbocycles. The Kier molecular flexibility index (Phi) is 4.43. The molecule has 6 nitrogen and oxygen atoms in total. The zero-order valence-corrected chi connectivity index (χ0v) is 10.7. The number of rotatable bonds is 2. The lowest BCUT2D eigenvalue weighted by molar-refractivity contribution is 0.102. The van der Waals surface area contributed by atoms with Gasteiger partial charge in [-0.15, -0.1) is 0 Å². The van der Waals surface area contributed by atoms with Gasteiger partial charge in [-0.1, -0.05) is 11.8 Å². The maximum atomic E-state index is 13.8. The van der Waals surface area contributed by atoms with Gasteiger partial charge in [0.1, 0.15) is 18.1 Å². The van der Waals surface area contributed by atoms with E-state index in [9.17, 15) is 14.0 Å². The molecule has 0 bridgehead atoms. The van der Waals surface area contributed by atoms with Crippen LogP contribution in [0.4, 0.5) is 10.1 Å². The average molecular weight is 287 g/mol. The average Bonchev–Trinajstić information content (AvgIpc) is 2.48. The first-order valence-electron chi connectivity index (χ1n) is 5.86. The predicted molar refractivity (Wildman–Crippen MR) is 73.2 cm³/mol. The number of nitrogens with zero attached hydrogens (tertiary/aromatic N) is 1. The first-order chi connectivity index (χ1) is 10.1. The number of carbonyl (C=O) groups is 1. The van der Waals surface area contributed by atoms with E-state index in [1.165, 1.54) is 18.2 Å². The fourth-order valence-corrected chi connectivity index (χ4v) is 1.49. The summed E-state index contributed by atoms with van der Waals surface area (Å²) in [5.74, 6) is 3.62. The number of halogens is 1. The third kappa shape index (κ3) is 3.75. The summed E-state index contributed by atoms with van der Waals surface area (Å²) in [6.45, 7) is -0.321. The van der Waals surface area contributed by atoms with E-state index in [1.54, 1.807) is 0 Å². The fourth-order valence-electron chi connectivity index (χ4n) is 1.49. The summed E-state index contributed by atoms with van der Waals surface area (Å²) in [6.07, 6.45) is 0. The molecule has 3 N–H and O–H groups in total. The lowest BCUT2D eigenvalue weighted by atomic mass is 10.2. The number of nitrogens with one attached hydrogen (secondary N) is 2. The minimum atomic E-state index is -0.669. The van der Waals surface area contributed by atoms with E-state index in [2.05, 4.69) is 27.4 Å². The Bertz CT molecular complexity index is 770. The van der Waals surface area contributed by atoms with E-state index < -0.39 is 17.3 Å². The monoisotopic (exact) mass is 287 g/mol. The smallest absolute Gasteiger partial charge is 0.276 e. The summed E-state index contributed by atoms with van der Waals surface area (Å²) in [5, 5.41) is 16.5. The van der Waals surface area contributed by atoms with E-state index in [-0.39, 0.29) is 18.0 Å². The molecule has 1 amide bonds. The van der Waals surface area contributed by atoms with Gasteiger partial charge in [-0.25, -0.2) is 9.49 Å². The van der Waals surface area contributed by atoms with Crippen molar-refractivity contribution in [2.75, 3.05) is 11.9 Å². The molecule has 7 heteroatoms. The maximum absolute atomic E-state index is 13.8. The summed E-state index contributed by atoms with van der Waals surface area (Å²) in [4.78, 5) is 22.7. The number of aliphatic hydroxyl groups is 1. The van der Waals surface area contributed by atoms with E-state index in [0.29, 0.717) is 5.56 Å². The minimum Gasteiger partial charge on any atom is -0.384 e. The lowest BCUT2D eigenvalue weighted by Crippen LogP contribution is -2.18. The van der Waals surface area contributed by atoms with Gasteiger partial charge in [0.15, 0.2) is 0 Å². The molecule has 0 saturated carbocycles. The summed E-state index contributed by atoms with van der Waals surface area (Å²) in [7, 11) is 0. The topological polar surface area (TPSA) is 95.1 Å². The van der Waals surface area contributed by atoms with Crippen LogP contribution in [0.3, 0.4) is 0 Å². The van der Waals surface area contributed by atoms with Crippen LogP contribution < -0.4 is 10.9 Å². The number of aromatic amines is 1. The van der Waals surface area contributed by atoms with Gasteiger partial charge in [-0.05, 0) is 24.3 Å². The van der Waals surface area contributed by atoms with Crippen molar-refractivity contribution in [1.29, 1.82) is 0 Å². The van der Waals surface area contributed by atoms with Gasteiger partial charge in [0.25, 0.3) is 11.5 Å². The number of amides is 1. The standard InChI is InChI=1S/C14H10FN3O3/c15-10-8-9(2-1-7-19)3-4-11(10)16-14(21)12-5-6-13(20)18-17-12/h3-6,8,19H,7H2,(H,16,21)(H,18,20). The van der Waals surface area contributed by atoms with Crippen molar-refractivity contribution in [1.82, 2.24) is 10.2 Å². The highest BCUT2D eigenvalue weighted by atomic mass is 19.1. The second-order valence-corrected chi connectivity index (χ2v) is 3.92. The molecule has 0 saturated heterocycles. The molecule has 106 valence electrons. The van der Waals surface area contributed by atoms with E-state index in [4.69, 9.17) is 5.11 Å². The van der Waals surface area contributed by atoms with Gasteiger partial charge in [-0.2, -0.15) is 5.10 Å². The molecular formula is C14H10FN3O3. The molecule has 1 heterocycles. The second kappa shape index (κ2) is 6.45. The van der Waals surface area contributed by atoms with Crippen molar-refractivity contribution in [3.8, 4) is 11.8 Å². The van der Waals surface area contributed by atoms with Gasteiger partial charge < -0.3 is 10.4 Å². The maximum Gasteiger partial charge on any atom is 0.276 e. The molecule has 21 heavy (non-hydrogen) atoms. The molecule has 0 unspecified atom stereocenters. The molecule has 0 atom stereocenters. The third-order valence-electron chi connectivity index (χ3n) is 2.44. The highest BCUT2D eigenvalue weighted by molar-refractivity contribution is 6.02. The number of benzene rings is 1. The molecule has 0 aliphatic rings. The molecule has 0 spiro atoms. The summed E-state index contributed by atoms with van der Waals surface area (Å²) < 4.78 is 13.8. The number of anilines is 1. The molecule has 2 rings (SSSR count). The molecule has 0 fully saturated rings. The highest BCUT2D eigenvalue weighted by Gasteiger charge is 2.11. The van der Waals surface area contributed by atoms with Crippen molar-refractivity contribution in [3.63, 3.8) is 0 Å². The van der Waals surface area contributed by atoms with Crippen LogP contribution >= 0.6 is 0 Å². The van der Waals surface area contributed by atoms with Crippen LogP contribution in [0.25, 0.3) is 0 Å². The SMILES string of the molecule is O=C(Nc1ccc(C#CCO)cc1F)c1ccc(=O)[nH]n1. The number of carbonyl (C=O) groups excluding carboxylic acids is 1. The Morgan fingerprint density at radius 3 is 2.81 bits per heavy atom. The van der Waals surface area contributed by atoms with Crippen LogP contribution in [0.15, 0.2) is 35.1 Å². The quantitative estimate of drug-likeness (QED) is 0.701. The van der Waals surface area contributed by atoms with Crippen LogP contribution in [-0.2, 0) is 0 Å². The summed E-state index contributed by atoms with van der Waals surface area (Å²) in [6, 6.07) is 6.36. The van der Waals surface area contributed by atoms with Crippen molar-refractivity contribution in [3.05, 3.63) is 57.8 Å². The summed E-state index contributed by atoms with van der Waals surface area (Å²) >= 11 is 0. The van der Waals surface area contributed by atoms with Gasteiger partial charge in [0, 0.05) is 11.6 Å². The first kappa shape index (κ1) is 14.4. The Balaban J connectivity index is 2.17. The molecule has 0 aliphatic heterocycles. The van der Waals surface area contributed by atoms with E-state index in [1.807, 2.05) is 0 Å². The Morgan fingerprint density at radius 1 is 1.38 bits per heavy atom.